The molecular weight excluding hydrogens is 200 g/mol. The highest BCUT2D eigenvalue weighted by molar-refractivity contribution is 5.98. The van der Waals surface area contributed by atoms with E-state index >= 15 is 0 Å². The maximum absolute atomic E-state index is 5.14. The van der Waals surface area contributed by atoms with Gasteiger partial charge in [-0.25, -0.2) is 0 Å². The van der Waals surface area contributed by atoms with Gasteiger partial charge in [0.1, 0.15) is 11.6 Å². The second-order valence-electron chi connectivity index (χ2n) is 3.83. The van der Waals surface area contributed by atoms with Crippen LogP contribution in [0.25, 0.3) is 0 Å². The molecule has 0 aliphatic rings. The van der Waals surface area contributed by atoms with Crippen LogP contribution in [0.1, 0.15) is 18.9 Å². The van der Waals surface area contributed by atoms with Gasteiger partial charge in [0, 0.05) is 26.2 Å². The number of ether oxygens (including phenoxy) is 1. The van der Waals surface area contributed by atoms with Crippen LogP contribution in [0.4, 0.5) is 0 Å². The maximum atomic E-state index is 5.14. The number of methoxy groups -OCH3 is 1. The molecule has 0 unspecified atom stereocenters. The molecule has 0 saturated carbocycles. The van der Waals surface area contributed by atoms with E-state index in [-0.39, 0.29) is 0 Å². The Morgan fingerprint density at radius 1 is 1.25 bits per heavy atom. The number of hydrogen-bond donors (Lipinski definition) is 0. The molecule has 0 radical (unpaired) electrons. The zero-order valence-electron chi connectivity index (χ0n) is 10.5. The molecule has 0 N–H and O–H groups in total. The van der Waals surface area contributed by atoms with Crippen LogP contribution in [0.5, 0.6) is 5.75 Å². The first-order valence-corrected chi connectivity index (χ1v) is 5.55. The molecule has 1 aromatic rings. The van der Waals surface area contributed by atoms with Crippen LogP contribution in [0.3, 0.4) is 0 Å². The van der Waals surface area contributed by atoms with Crippen LogP contribution in [-0.4, -0.2) is 38.5 Å². The highest BCUT2D eigenvalue weighted by Crippen LogP contribution is 2.12. The third-order valence-electron chi connectivity index (χ3n) is 2.26. The normalized spacial score (nSPS) is 11.4. The summed E-state index contributed by atoms with van der Waals surface area (Å²) < 4.78 is 5.14. The lowest BCUT2D eigenvalue weighted by molar-refractivity contribution is 0.414. The Balaban J connectivity index is 2.93. The van der Waals surface area contributed by atoms with Crippen molar-refractivity contribution < 1.29 is 4.74 Å². The van der Waals surface area contributed by atoms with Crippen molar-refractivity contribution in [3.63, 3.8) is 0 Å². The molecule has 3 nitrogen and oxygen atoms in total. The number of benzene rings is 1. The first-order valence-electron chi connectivity index (χ1n) is 5.55. The van der Waals surface area contributed by atoms with Crippen LogP contribution in [0, 0.1) is 0 Å². The molecule has 0 fully saturated rings. The second kappa shape index (κ2) is 6.16. The van der Waals surface area contributed by atoms with Crippen molar-refractivity contribution in [3.05, 3.63) is 29.8 Å². The first kappa shape index (κ1) is 12.6. The van der Waals surface area contributed by atoms with Crippen molar-refractivity contribution in [1.82, 2.24) is 4.90 Å². The molecule has 0 aromatic heterocycles. The molecule has 0 bridgehead atoms. The van der Waals surface area contributed by atoms with E-state index < -0.39 is 0 Å². The summed E-state index contributed by atoms with van der Waals surface area (Å²) in [7, 11) is 5.70. The van der Waals surface area contributed by atoms with Gasteiger partial charge in [0.05, 0.1) is 7.11 Å². The summed E-state index contributed by atoms with van der Waals surface area (Å²) in [4.78, 5) is 6.61. The van der Waals surface area contributed by atoms with Gasteiger partial charge in [-0.3, -0.25) is 4.99 Å². The van der Waals surface area contributed by atoms with E-state index in [4.69, 9.17) is 4.74 Å². The largest absolute Gasteiger partial charge is 0.497 e. The maximum Gasteiger partial charge on any atom is 0.130 e. The standard InChI is InChI=1S/C13H20N2O/c1-5-10-14-13(15(2)3)11-6-8-12(16-4)9-7-11/h6-9H,5,10H2,1-4H3. The van der Waals surface area contributed by atoms with E-state index in [0.29, 0.717) is 0 Å². The summed E-state index contributed by atoms with van der Waals surface area (Å²) in [5.41, 5.74) is 1.12. The number of amidine groups is 1. The zero-order chi connectivity index (χ0) is 12.0. The fourth-order valence-corrected chi connectivity index (χ4v) is 1.45. The second-order valence-corrected chi connectivity index (χ2v) is 3.83. The van der Waals surface area contributed by atoms with E-state index in [0.717, 1.165) is 30.1 Å². The SMILES string of the molecule is CCCN=C(c1ccc(OC)cc1)N(C)C. The van der Waals surface area contributed by atoms with Crippen molar-refractivity contribution in [3.8, 4) is 5.75 Å². The average molecular weight is 220 g/mol. The van der Waals surface area contributed by atoms with Crippen LogP contribution in [-0.2, 0) is 0 Å². The van der Waals surface area contributed by atoms with E-state index in [1.807, 2.05) is 43.3 Å². The summed E-state index contributed by atoms with van der Waals surface area (Å²) in [5.74, 6) is 1.89. The Morgan fingerprint density at radius 2 is 1.88 bits per heavy atom. The van der Waals surface area contributed by atoms with E-state index in [1.54, 1.807) is 7.11 Å². The van der Waals surface area contributed by atoms with Crippen LogP contribution in [0.15, 0.2) is 29.3 Å². The van der Waals surface area contributed by atoms with Gasteiger partial charge in [-0.05, 0) is 30.7 Å². The Bertz CT molecular complexity index is 341. The molecule has 0 spiro atoms. The highest BCUT2D eigenvalue weighted by Gasteiger charge is 2.05. The van der Waals surface area contributed by atoms with E-state index in [2.05, 4.69) is 11.9 Å². The van der Waals surface area contributed by atoms with Crippen molar-refractivity contribution in [2.75, 3.05) is 27.7 Å². The van der Waals surface area contributed by atoms with Gasteiger partial charge in [-0.2, -0.15) is 0 Å². The minimum Gasteiger partial charge on any atom is -0.497 e. The topological polar surface area (TPSA) is 24.8 Å². The predicted molar refractivity (Wildman–Crippen MR) is 68.4 cm³/mol. The summed E-state index contributed by atoms with van der Waals surface area (Å²) in [6, 6.07) is 7.99. The van der Waals surface area contributed by atoms with Crippen molar-refractivity contribution in [1.29, 1.82) is 0 Å². The quantitative estimate of drug-likeness (QED) is 0.575. The summed E-state index contributed by atoms with van der Waals surface area (Å²) in [6.45, 7) is 2.99. The van der Waals surface area contributed by atoms with Crippen molar-refractivity contribution >= 4 is 5.84 Å². The first-order chi connectivity index (χ1) is 7.69. The molecule has 0 saturated heterocycles. The third kappa shape index (κ3) is 3.26. The number of aliphatic imine (C=N–C) groups is 1. The predicted octanol–water partition coefficient (Wildman–Crippen LogP) is 2.41. The fraction of sp³-hybridized carbons (Fsp3) is 0.462. The molecule has 16 heavy (non-hydrogen) atoms. The summed E-state index contributed by atoms with van der Waals surface area (Å²) >= 11 is 0. The Labute approximate surface area is 97.8 Å². The summed E-state index contributed by atoms with van der Waals surface area (Å²) in [6.07, 6.45) is 1.06. The minimum absolute atomic E-state index is 0.861. The molecular formula is C13H20N2O. The molecule has 0 aliphatic heterocycles. The summed E-state index contributed by atoms with van der Waals surface area (Å²) in [5, 5.41) is 0. The average Bonchev–Trinajstić information content (AvgIpc) is 2.30. The van der Waals surface area contributed by atoms with Gasteiger partial charge >= 0.3 is 0 Å². The number of rotatable bonds is 4. The number of nitrogens with zero attached hydrogens (tertiary/aromatic N) is 2. The molecule has 3 heteroatoms. The van der Waals surface area contributed by atoms with Crippen molar-refractivity contribution in [2.45, 2.75) is 13.3 Å². The van der Waals surface area contributed by atoms with Gasteiger partial charge in [-0.1, -0.05) is 6.92 Å². The third-order valence-corrected chi connectivity index (χ3v) is 2.26. The highest BCUT2D eigenvalue weighted by atomic mass is 16.5. The molecule has 0 atom stereocenters. The Kier molecular flexibility index (Phi) is 4.83. The van der Waals surface area contributed by atoms with E-state index in [9.17, 15) is 0 Å². The molecule has 1 aromatic carbocycles. The zero-order valence-corrected chi connectivity index (χ0v) is 10.5. The van der Waals surface area contributed by atoms with E-state index in [1.165, 1.54) is 0 Å². The Morgan fingerprint density at radius 3 is 2.31 bits per heavy atom. The lowest BCUT2D eigenvalue weighted by Gasteiger charge is -2.16. The lowest BCUT2D eigenvalue weighted by Crippen LogP contribution is -2.23. The van der Waals surface area contributed by atoms with Gasteiger partial charge in [0.15, 0.2) is 0 Å². The van der Waals surface area contributed by atoms with Crippen molar-refractivity contribution in [2.24, 2.45) is 4.99 Å². The molecule has 0 aliphatic carbocycles. The lowest BCUT2D eigenvalue weighted by atomic mass is 10.2. The van der Waals surface area contributed by atoms with Crippen LogP contribution in [0.2, 0.25) is 0 Å². The van der Waals surface area contributed by atoms with Gasteiger partial charge < -0.3 is 9.64 Å². The minimum atomic E-state index is 0.861. The molecule has 88 valence electrons. The van der Waals surface area contributed by atoms with Crippen LogP contribution >= 0.6 is 0 Å². The fourth-order valence-electron chi connectivity index (χ4n) is 1.45. The van der Waals surface area contributed by atoms with Gasteiger partial charge in [0.2, 0.25) is 0 Å². The molecule has 0 heterocycles. The molecule has 1 rings (SSSR count). The Hall–Kier alpha value is -1.51. The van der Waals surface area contributed by atoms with Gasteiger partial charge in [-0.15, -0.1) is 0 Å². The number of hydrogen-bond acceptors (Lipinski definition) is 2. The van der Waals surface area contributed by atoms with Crippen LogP contribution < -0.4 is 4.74 Å². The monoisotopic (exact) mass is 220 g/mol. The van der Waals surface area contributed by atoms with Gasteiger partial charge in [0.25, 0.3) is 0 Å². The molecule has 0 amide bonds. The smallest absolute Gasteiger partial charge is 0.130 e.